The summed E-state index contributed by atoms with van der Waals surface area (Å²) in [6.45, 7) is 11.2. The third-order valence-corrected chi connectivity index (χ3v) is 8.66. The smallest absolute Gasteiger partial charge is 0.240 e. The molecule has 0 bridgehead atoms. The van der Waals surface area contributed by atoms with Gasteiger partial charge in [-0.05, 0) is 44.4 Å². The number of aryl methyl sites for hydroxylation is 2. The molecule has 0 aliphatic carbocycles. The third-order valence-electron chi connectivity index (χ3n) is 7.42. The van der Waals surface area contributed by atoms with Crippen molar-refractivity contribution in [2.75, 3.05) is 30.3 Å². The van der Waals surface area contributed by atoms with Gasteiger partial charge in [0.25, 0.3) is 0 Å². The van der Waals surface area contributed by atoms with E-state index in [0.29, 0.717) is 24.5 Å². The second kappa shape index (κ2) is 11.4. The predicted molar refractivity (Wildman–Crippen MR) is 157 cm³/mol. The quantitative estimate of drug-likeness (QED) is 0.435. The molecule has 5 rings (SSSR count). The number of benzene rings is 2. The topological polar surface area (TPSA) is 76.5 Å². The van der Waals surface area contributed by atoms with Gasteiger partial charge in [0.2, 0.25) is 11.8 Å². The van der Waals surface area contributed by atoms with Gasteiger partial charge in [-0.1, -0.05) is 56.7 Å². The van der Waals surface area contributed by atoms with Crippen molar-refractivity contribution in [1.29, 1.82) is 0 Å². The van der Waals surface area contributed by atoms with Gasteiger partial charge in [-0.15, -0.1) is 11.8 Å². The minimum atomic E-state index is -0.478. The number of rotatable bonds is 6. The monoisotopic (exact) mass is 564 g/mol. The Morgan fingerprint density at radius 1 is 1.20 bits per heavy atom. The van der Waals surface area contributed by atoms with E-state index in [1.165, 1.54) is 22.7 Å². The summed E-state index contributed by atoms with van der Waals surface area (Å²) in [6.07, 6.45) is 1.88. The maximum absolute atomic E-state index is 15.3. The van der Waals surface area contributed by atoms with E-state index < -0.39 is 10.7 Å². The molecule has 0 saturated carbocycles. The summed E-state index contributed by atoms with van der Waals surface area (Å²) >= 11 is 1.38. The van der Waals surface area contributed by atoms with E-state index in [0.717, 1.165) is 40.9 Å². The van der Waals surface area contributed by atoms with Crippen molar-refractivity contribution in [3.05, 3.63) is 76.2 Å². The van der Waals surface area contributed by atoms with Crippen molar-refractivity contribution in [3.8, 4) is 5.69 Å². The van der Waals surface area contributed by atoms with Crippen molar-refractivity contribution >= 4 is 29.4 Å². The first-order valence-corrected chi connectivity index (χ1v) is 14.8. The first-order chi connectivity index (χ1) is 19.0. The van der Waals surface area contributed by atoms with E-state index in [4.69, 9.17) is 9.84 Å². The van der Waals surface area contributed by atoms with Crippen LogP contribution >= 0.6 is 11.8 Å². The number of nitrogens with one attached hydrogen (secondary N) is 1. The molecule has 1 aromatic heterocycles. The van der Waals surface area contributed by atoms with Crippen LogP contribution in [0.4, 0.5) is 10.2 Å². The molecule has 0 spiro atoms. The van der Waals surface area contributed by atoms with E-state index >= 15 is 4.39 Å². The maximum Gasteiger partial charge on any atom is 0.240 e. The zero-order valence-electron chi connectivity index (χ0n) is 23.8. The van der Waals surface area contributed by atoms with E-state index in [2.05, 4.69) is 32.2 Å². The van der Waals surface area contributed by atoms with Crippen LogP contribution in [0, 0.1) is 19.7 Å². The van der Waals surface area contributed by atoms with E-state index in [9.17, 15) is 9.59 Å². The molecular formula is C31H37FN4O3S. The Morgan fingerprint density at radius 3 is 2.65 bits per heavy atom. The van der Waals surface area contributed by atoms with Crippen LogP contribution in [0.2, 0.25) is 0 Å². The zero-order chi connectivity index (χ0) is 28.6. The average molecular weight is 565 g/mol. The Labute approximate surface area is 239 Å². The normalized spacial score (nSPS) is 19.4. The Kier molecular flexibility index (Phi) is 8.06. The van der Waals surface area contributed by atoms with Gasteiger partial charge in [0, 0.05) is 29.7 Å². The Hall–Kier alpha value is -3.17. The number of carbonyl (C=O) groups is 2. The number of carbonyl (C=O) groups excluding carboxylic acids is 2. The lowest BCUT2D eigenvalue weighted by atomic mass is 9.87. The molecular weight excluding hydrogens is 527 g/mol. The number of hydrogen-bond donors (Lipinski definition) is 1. The second-order valence-corrected chi connectivity index (χ2v) is 12.8. The SMILES string of the molecule is Cc1ccc(-n2nc(C(C)(C)C)c3c2N(CC(=O)NC[C@H]2CCCO2)C(=O)CS[C@H]3c2ccccc2F)c(C)c1. The van der Waals surface area contributed by atoms with Gasteiger partial charge < -0.3 is 10.1 Å². The Morgan fingerprint density at radius 2 is 1.98 bits per heavy atom. The number of nitrogens with zero attached hydrogens (tertiary/aromatic N) is 3. The molecule has 2 aliphatic rings. The molecule has 0 radical (unpaired) electrons. The highest BCUT2D eigenvalue weighted by molar-refractivity contribution is 8.00. The summed E-state index contributed by atoms with van der Waals surface area (Å²) < 4.78 is 22.7. The summed E-state index contributed by atoms with van der Waals surface area (Å²) in [5.74, 6) is -0.199. The van der Waals surface area contributed by atoms with Crippen LogP contribution in [-0.4, -0.2) is 53.1 Å². The van der Waals surface area contributed by atoms with Gasteiger partial charge in [0.15, 0.2) is 0 Å². The largest absolute Gasteiger partial charge is 0.376 e. The van der Waals surface area contributed by atoms with Gasteiger partial charge in [0.1, 0.15) is 18.2 Å². The van der Waals surface area contributed by atoms with Crippen molar-refractivity contribution < 1.29 is 18.7 Å². The van der Waals surface area contributed by atoms with Crippen LogP contribution in [0.15, 0.2) is 42.5 Å². The van der Waals surface area contributed by atoms with Crippen LogP contribution in [0.25, 0.3) is 5.69 Å². The minimum absolute atomic E-state index is 0.00596. The number of hydrogen-bond acceptors (Lipinski definition) is 5. The lowest BCUT2D eigenvalue weighted by Gasteiger charge is -2.25. The molecule has 40 heavy (non-hydrogen) atoms. The van der Waals surface area contributed by atoms with Gasteiger partial charge in [0.05, 0.1) is 28.5 Å². The van der Waals surface area contributed by atoms with Crippen molar-refractivity contribution in [2.45, 2.75) is 64.2 Å². The molecule has 1 N–H and O–H groups in total. The number of anilines is 1. The molecule has 2 amide bonds. The van der Waals surface area contributed by atoms with E-state index in [1.54, 1.807) is 16.8 Å². The fourth-order valence-corrected chi connectivity index (χ4v) is 6.67. The highest BCUT2D eigenvalue weighted by atomic mass is 32.2. The molecule has 7 nitrogen and oxygen atoms in total. The number of fused-ring (bicyclic) bond motifs is 1. The molecule has 0 unspecified atom stereocenters. The lowest BCUT2D eigenvalue weighted by Crippen LogP contribution is -2.44. The summed E-state index contributed by atoms with van der Waals surface area (Å²) in [6, 6.07) is 12.8. The summed E-state index contributed by atoms with van der Waals surface area (Å²) in [5.41, 5.74) is 4.52. The van der Waals surface area contributed by atoms with Gasteiger partial charge in [-0.2, -0.15) is 5.10 Å². The van der Waals surface area contributed by atoms with Crippen LogP contribution in [0.3, 0.4) is 0 Å². The second-order valence-electron chi connectivity index (χ2n) is 11.7. The third kappa shape index (κ3) is 5.67. The number of halogens is 1. The van der Waals surface area contributed by atoms with Crippen LogP contribution in [-0.2, 0) is 19.7 Å². The molecule has 9 heteroatoms. The average Bonchev–Trinajstić information content (AvgIpc) is 3.53. The zero-order valence-corrected chi connectivity index (χ0v) is 24.6. The first-order valence-electron chi connectivity index (χ1n) is 13.8. The molecule has 3 heterocycles. The maximum atomic E-state index is 15.3. The fraction of sp³-hybridized carbons (Fsp3) is 0.452. The van der Waals surface area contributed by atoms with Gasteiger partial charge in [-0.25, -0.2) is 9.07 Å². The van der Waals surface area contributed by atoms with Gasteiger partial charge in [-0.3, -0.25) is 14.5 Å². The predicted octanol–water partition coefficient (Wildman–Crippen LogP) is 5.39. The van der Waals surface area contributed by atoms with Crippen LogP contribution < -0.4 is 10.2 Å². The minimum Gasteiger partial charge on any atom is -0.376 e. The summed E-state index contributed by atoms with van der Waals surface area (Å²) in [5, 5.41) is 7.59. The molecule has 1 fully saturated rings. The molecule has 2 aromatic carbocycles. The van der Waals surface area contributed by atoms with Gasteiger partial charge >= 0.3 is 0 Å². The Balaban J connectivity index is 1.68. The lowest BCUT2D eigenvalue weighted by molar-refractivity contribution is -0.123. The number of thioether (sulfide) groups is 1. The summed E-state index contributed by atoms with van der Waals surface area (Å²) in [4.78, 5) is 28.6. The van der Waals surface area contributed by atoms with E-state index in [-0.39, 0.29) is 36.0 Å². The first kappa shape index (κ1) is 28.4. The highest BCUT2D eigenvalue weighted by Crippen LogP contribution is 2.49. The molecule has 2 aliphatic heterocycles. The standard InChI is InChI=1S/C31H37FN4O3S/c1-19-12-13-24(20(2)15-19)36-30-27(29(34-36)31(3,4)5)28(22-10-6-7-11-23(22)32)40-18-26(38)35(30)17-25(37)33-16-21-9-8-14-39-21/h6-7,10-13,15,21,28H,8-9,14,16-18H2,1-5H3,(H,33,37)/t21-,28+/m1/s1. The number of amides is 2. The number of ether oxygens (including phenoxy) is 1. The van der Waals surface area contributed by atoms with Crippen molar-refractivity contribution in [1.82, 2.24) is 15.1 Å². The van der Waals surface area contributed by atoms with E-state index in [1.807, 2.05) is 32.0 Å². The highest BCUT2D eigenvalue weighted by Gasteiger charge is 2.40. The number of aromatic nitrogens is 2. The Bertz CT molecular complexity index is 1420. The fourth-order valence-electron chi connectivity index (χ4n) is 5.45. The van der Waals surface area contributed by atoms with Crippen molar-refractivity contribution in [3.63, 3.8) is 0 Å². The molecule has 1 saturated heterocycles. The molecule has 212 valence electrons. The van der Waals surface area contributed by atoms with Crippen LogP contribution in [0.5, 0.6) is 0 Å². The molecule has 3 aromatic rings. The van der Waals surface area contributed by atoms with Crippen LogP contribution in [0.1, 0.15) is 66.8 Å². The summed E-state index contributed by atoms with van der Waals surface area (Å²) in [7, 11) is 0. The molecule has 2 atom stereocenters. The van der Waals surface area contributed by atoms with Crippen molar-refractivity contribution in [2.24, 2.45) is 0 Å².